The van der Waals surface area contributed by atoms with E-state index in [4.69, 9.17) is 0 Å². The van der Waals surface area contributed by atoms with Crippen LogP contribution < -0.4 is 10.9 Å². The third kappa shape index (κ3) is 4.63. The molecule has 4 aliphatic carbocycles. The lowest BCUT2D eigenvalue weighted by Crippen LogP contribution is -2.57. The molecule has 4 bridgehead atoms. The van der Waals surface area contributed by atoms with Gasteiger partial charge in [-0.15, -0.1) is 0 Å². The highest BCUT2D eigenvalue weighted by atomic mass is 32.2. The molecule has 5 rings (SSSR count). The number of amides is 2. The number of hydrogen-bond acceptors (Lipinski definition) is 5. The van der Waals surface area contributed by atoms with Crippen LogP contribution in [0.25, 0.3) is 0 Å². The molecule has 0 heterocycles. The van der Waals surface area contributed by atoms with Crippen molar-refractivity contribution in [3.8, 4) is 0 Å². The molecule has 170 valence electrons. The van der Waals surface area contributed by atoms with Gasteiger partial charge in [0.2, 0.25) is 15.9 Å². The molecule has 0 aliphatic heterocycles. The van der Waals surface area contributed by atoms with Crippen molar-refractivity contribution in [1.82, 2.24) is 15.2 Å². The van der Waals surface area contributed by atoms with Gasteiger partial charge in [-0.2, -0.15) is 4.31 Å². The zero-order valence-corrected chi connectivity index (χ0v) is 18.9. The summed E-state index contributed by atoms with van der Waals surface area (Å²) in [6, 6.07) is 6.39. The number of sulfonamides is 1. The maximum atomic E-state index is 12.6. The number of nitrogens with zero attached hydrogens (tertiary/aromatic N) is 1. The first-order chi connectivity index (χ1) is 14.5. The highest BCUT2D eigenvalue weighted by molar-refractivity contribution is 7.89. The number of hydrogen-bond donors (Lipinski definition) is 3. The number of hydrazine groups is 1. The third-order valence-corrected chi connectivity index (χ3v) is 8.94. The quantitative estimate of drug-likeness (QED) is 0.569. The van der Waals surface area contributed by atoms with Crippen LogP contribution in [0.15, 0.2) is 29.2 Å². The molecule has 4 aliphatic rings. The molecule has 1 aromatic carbocycles. The van der Waals surface area contributed by atoms with Crippen LogP contribution in [0.4, 0.5) is 0 Å². The van der Waals surface area contributed by atoms with Gasteiger partial charge < -0.3 is 5.11 Å². The summed E-state index contributed by atoms with van der Waals surface area (Å²) in [4.78, 5) is 24.9. The normalized spacial score (nSPS) is 31.6. The molecule has 8 nitrogen and oxygen atoms in total. The maximum Gasteiger partial charge on any atom is 0.253 e. The van der Waals surface area contributed by atoms with Crippen LogP contribution >= 0.6 is 0 Å². The SMILES string of the molecule is Cc1ccc(S(=O)(=O)N(C)CC(=O)NNC(=O)CC23CC4CC(CC(O)(C4)C2)C3)cc1. The average Bonchev–Trinajstić information content (AvgIpc) is 2.64. The van der Waals surface area contributed by atoms with Gasteiger partial charge in [-0.3, -0.25) is 20.4 Å². The van der Waals surface area contributed by atoms with E-state index in [2.05, 4.69) is 10.9 Å². The zero-order valence-electron chi connectivity index (χ0n) is 18.1. The van der Waals surface area contributed by atoms with E-state index >= 15 is 0 Å². The minimum atomic E-state index is -3.80. The maximum absolute atomic E-state index is 12.6. The van der Waals surface area contributed by atoms with E-state index in [1.54, 1.807) is 12.1 Å². The van der Waals surface area contributed by atoms with Crippen molar-refractivity contribution >= 4 is 21.8 Å². The van der Waals surface area contributed by atoms with Crippen LogP contribution in [0.5, 0.6) is 0 Å². The predicted octanol–water partition coefficient (Wildman–Crippen LogP) is 1.48. The van der Waals surface area contributed by atoms with Gasteiger partial charge in [0, 0.05) is 13.5 Å². The van der Waals surface area contributed by atoms with Crippen LogP contribution in [0.2, 0.25) is 0 Å². The summed E-state index contributed by atoms with van der Waals surface area (Å²) in [5, 5.41) is 10.8. The molecule has 2 atom stereocenters. The van der Waals surface area contributed by atoms with Gasteiger partial charge in [-0.25, -0.2) is 8.42 Å². The Morgan fingerprint density at radius 3 is 2.23 bits per heavy atom. The first-order valence-electron chi connectivity index (χ1n) is 10.8. The van der Waals surface area contributed by atoms with E-state index in [0.717, 1.165) is 42.0 Å². The number of benzene rings is 1. The summed E-state index contributed by atoms with van der Waals surface area (Å²) in [5.74, 6) is 0.0437. The molecule has 9 heteroatoms. The van der Waals surface area contributed by atoms with Crippen LogP contribution in [-0.2, 0) is 19.6 Å². The summed E-state index contributed by atoms with van der Waals surface area (Å²) in [5.41, 5.74) is 4.87. The molecular weight excluding hydrogens is 418 g/mol. The minimum absolute atomic E-state index is 0.109. The monoisotopic (exact) mass is 449 g/mol. The molecule has 2 amide bonds. The topological polar surface area (TPSA) is 116 Å². The second-order valence-electron chi connectivity index (χ2n) is 10.0. The number of rotatable bonds is 6. The van der Waals surface area contributed by atoms with Crippen molar-refractivity contribution < 1.29 is 23.1 Å². The fourth-order valence-corrected chi connectivity index (χ4v) is 7.48. The highest BCUT2D eigenvalue weighted by Gasteiger charge is 2.57. The Morgan fingerprint density at radius 1 is 1.06 bits per heavy atom. The van der Waals surface area contributed by atoms with E-state index < -0.39 is 28.1 Å². The second kappa shape index (κ2) is 7.86. The summed E-state index contributed by atoms with van der Waals surface area (Å²) in [6.45, 7) is 1.45. The lowest BCUT2D eigenvalue weighted by Gasteiger charge is -2.60. The fraction of sp³-hybridized carbons (Fsp3) is 0.636. The number of aryl methyl sites for hydroxylation is 1. The number of likely N-dealkylation sites (N-methyl/N-ethyl adjacent to an activating group) is 1. The van der Waals surface area contributed by atoms with Gasteiger partial charge in [-0.05, 0) is 74.8 Å². The second-order valence-corrected chi connectivity index (χ2v) is 12.1. The molecular formula is C22H31N3O5S. The lowest BCUT2D eigenvalue weighted by atomic mass is 9.47. The first kappa shape index (κ1) is 22.2. The Kier molecular flexibility index (Phi) is 5.64. The first-order valence-corrected chi connectivity index (χ1v) is 12.3. The molecule has 0 aromatic heterocycles. The lowest BCUT2D eigenvalue weighted by molar-refractivity contribution is -0.169. The van der Waals surface area contributed by atoms with Crippen molar-refractivity contribution in [2.24, 2.45) is 17.3 Å². The van der Waals surface area contributed by atoms with Gasteiger partial charge in [0.25, 0.3) is 5.91 Å². The van der Waals surface area contributed by atoms with E-state index in [1.165, 1.54) is 19.2 Å². The summed E-state index contributed by atoms with van der Waals surface area (Å²) < 4.78 is 26.1. The van der Waals surface area contributed by atoms with Crippen LogP contribution in [0.3, 0.4) is 0 Å². The molecule has 3 N–H and O–H groups in total. The summed E-state index contributed by atoms with van der Waals surface area (Å²) >= 11 is 0. The molecule has 1 aromatic rings. The third-order valence-electron chi connectivity index (χ3n) is 7.12. The Balaban J connectivity index is 1.29. The Bertz CT molecular complexity index is 961. The van der Waals surface area contributed by atoms with Crippen LogP contribution in [0.1, 0.15) is 50.5 Å². The van der Waals surface area contributed by atoms with Gasteiger partial charge in [-0.1, -0.05) is 17.7 Å². The molecule has 4 saturated carbocycles. The molecule has 4 fully saturated rings. The van der Waals surface area contributed by atoms with Crippen molar-refractivity contribution in [3.63, 3.8) is 0 Å². The van der Waals surface area contributed by atoms with Crippen molar-refractivity contribution in [2.45, 2.75) is 62.4 Å². The van der Waals surface area contributed by atoms with Crippen LogP contribution in [0, 0.1) is 24.2 Å². The Hall–Kier alpha value is -1.97. The Labute approximate surface area is 183 Å². The number of carbonyl (C=O) groups is 2. The van der Waals surface area contributed by atoms with E-state index in [1.807, 2.05) is 6.92 Å². The largest absolute Gasteiger partial charge is 0.390 e. The van der Waals surface area contributed by atoms with E-state index in [0.29, 0.717) is 18.3 Å². The van der Waals surface area contributed by atoms with Gasteiger partial charge in [0.05, 0.1) is 17.0 Å². The summed E-state index contributed by atoms with van der Waals surface area (Å²) in [7, 11) is -2.47. The minimum Gasteiger partial charge on any atom is -0.390 e. The molecule has 0 saturated heterocycles. The number of nitrogens with one attached hydrogen (secondary N) is 2. The van der Waals surface area contributed by atoms with E-state index in [9.17, 15) is 23.1 Å². The molecule has 0 radical (unpaired) electrons. The van der Waals surface area contributed by atoms with Gasteiger partial charge in [0.1, 0.15) is 0 Å². The predicted molar refractivity (Wildman–Crippen MR) is 114 cm³/mol. The van der Waals surface area contributed by atoms with Crippen molar-refractivity contribution in [2.75, 3.05) is 13.6 Å². The molecule has 2 unspecified atom stereocenters. The fourth-order valence-electron chi connectivity index (χ4n) is 6.35. The molecule has 31 heavy (non-hydrogen) atoms. The number of aliphatic hydroxyl groups is 1. The van der Waals surface area contributed by atoms with E-state index in [-0.39, 0.29) is 22.6 Å². The van der Waals surface area contributed by atoms with Gasteiger partial charge in [0.15, 0.2) is 0 Å². The van der Waals surface area contributed by atoms with Gasteiger partial charge >= 0.3 is 0 Å². The highest BCUT2D eigenvalue weighted by Crippen LogP contribution is 2.62. The smallest absolute Gasteiger partial charge is 0.253 e. The standard InChI is InChI=1S/C22H31N3O5S/c1-15-3-5-18(6-4-15)31(29,30)25(2)13-20(27)24-23-19(26)12-21-8-16-7-17(9-21)11-22(28,10-16)14-21/h3-6,16-17,28H,7-14H2,1-2H3,(H,23,26)(H,24,27). The Morgan fingerprint density at radius 2 is 1.65 bits per heavy atom. The summed E-state index contributed by atoms with van der Waals surface area (Å²) in [6.07, 6.45) is 5.63. The van der Waals surface area contributed by atoms with Crippen molar-refractivity contribution in [1.29, 1.82) is 0 Å². The average molecular weight is 450 g/mol. The zero-order chi connectivity index (χ0) is 22.4. The van der Waals surface area contributed by atoms with Crippen LogP contribution in [-0.4, -0.2) is 48.8 Å². The number of carbonyl (C=O) groups excluding carboxylic acids is 2. The molecule has 0 spiro atoms. The van der Waals surface area contributed by atoms with Crippen molar-refractivity contribution in [3.05, 3.63) is 29.8 Å².